The first-order chi connectivity index (χ1) is 9.86. The minimum absolute atomic E-state index is 0.111. The fourth-order valence-corrected chi connectivity index (χ4v) is 3.97. The van der Waals surface area contributed by atoms with Gasteiger partial charge in [-0.05, 0) is 26.2 Å². The third-order valence-corrected chi connectivity index (χ3v) is 5.09. The van der Waals surface area contributed by atoms with Gasteiger partial charge >= 0.3 is 0 Å². The molecule has 2 heterocycles. The Morgan fingerprint density at radius 3 is 2.90 bits per heavy atom. The number of nitrogens with zero attached hydrogens (tertiary/aromatic N) is 1. The second-order valence-corrected chi connectivity index (χ2v) is 8.28. The Morgan fingerprint density at radius 2 is 2.24 bits per heavy atom. The summed E-state index contributed by atoms with van der Waals surface area (Å²) < 4.78 is 34.1. The van der Waals surface area contributed by atoms with E-state index in [2.05, 4.69) is 0 Å². The maximum Gasteiger partial charge on any atom is 0.237 e. The summed E-state index contributed by atoms with van der Waals surface area (Å²) in [6, 6.07) is 0. The van der Waals surface area contributed by atoms with Crippen molar-refractivity contribution in [3.63, 3.8) is 0 Å². The molecule has 2 unspecified atom stereocenters. The summed E-state index contributed by atoms with van der Waals surface area (Å²) in [6.07, 6.45) is 3.87. The van der Waals surface area contributed by atoms with Crippen LogP contribution in [0.15, 0.2) is 0 Å². The number of piperidine rings is 1. The van der Waals surface area contributed by atoms with Crippen molar-refractivity contribution in [3.05, 3.63) is 0 Å². The van der Waals surface area contributed by atoms with E-state index in [0.717, 1.165) is 32.1 Å². The number of hydrogen-bond acceptors (Lipinski definition) is 5. The molecular weight excluding hydrogens is 294 g/mol. The quantitative estimate of drug-likeness (QED) is 0.736. The minimum Gasteiger partial charge on any atom is -0.381 e. The summed E-state index contributed by atoms with van der Waals surface area (Å²) in [5.41, 5.74) is -0.181. The second-order valence-electron chi connectivity index (χ2n) is 6.14. The first kappa shape index (κ1) is 16.7. The molecule has 2 atom stereocenters. The van der Waals surface area contributed by atoms with Crippen LogP contribution in [0, 0.1) is 5.41 Å². The smallest absolute Gasteiger partial charge is 0.237 e. The standard InChI is InChI=1S/C14H25NO5S/c1-3-19-11-14-6-4-8-20-12(14)5-7-15(10-14)13(16)9-21(2,17)18/h12H,3-11H2,1-2H3. The van der Waals surface area contributed by atoms with Gasteiger partial charge in [-0.15, -0.1) is 0 Å². The molecule has 1 amide bonds. The van der Waals surface area contributed by atoms with Gasteiger partial charge in [0.15, 0.2) is 9.84 Å². The Labute approximate surface area is 126 Å². The van der Waals surface area contributed by atoms with Gasteiger partial charge in [-0.3, -0.25) is 4.79 Å². The summed E-state index contributed by atoms with van der Waals surface area (Å²) in [7, 11) is -3.29. The van der Waals surface area contributed by atoms with Crippen LogP contribution in [0.2, 0.25) is 0 Å². The number of likely N-dealkylation sites (tertiary alicyclic amines) is 1. The van der Waals surface area contributed by atoms with E-state index in [1.807, 2.05) is 6.92 Å². The Hall–Kier alpha value is -0.660. The Bertz CT molecular complexity index is 478. The molecule has 0 radical (unpaired) electrons. The van der Waals surface area contributed by atoms with E-state index >= 15 is 0 Å². The lowest BCUT2D eigenvalue weighted by Gasteiger charge is -2.50. The topological polar surface area (TPSA) is 72.9 Å². The Morgan fingerprint density at radius 1 is 1.48 bits per heavy atom. The van der Waals surface area contributed by atoms with Crippen LogP contribution >= 0.6 is 0 Å². The first-order valence-corrected chi connectivity index (χ1v) is 9.57. The largest absolute Gasteiger partial charge is 0.381 e. The maximum atomic E-state index is 12.2. The van der Waals surface area contributed by atoms with E-state index in [9.17, 15) is 13.2 Å². The lowest BCUT2D eigenvalue weighted by molar-refractivity contribution is -0.162. The number of hydrogen-bond donors (Lipinski definition) is 0. The third-order valence-electron chi connectivity index (χ3n) is 4.32. The van der Waals surface area contributed by atoms with E-state index < -0.39 is 15.6 Å². The van der Waals surface area contributed by atoms with Crippen LogP contribution in [-0.4, -0.2) is 70.2 Å². The monoisotopic (exact) mass is 319 g/mol. The summed E-state index contributed by atoms with van der Waals surface area (Å²) >= 11 is 0. The zero-order chi connectivity index (χ0) is 15.5. The summed E-state index contributed by atoms with van der Waals surface area (Å²) in [6.45, 7) is 5.00. The molecule has 0 spiro atoms. The average molecular weight is 319 g/mol. The van der Waals surface area contributed by atoms with Crippen LogP contribution in [0.5, 0.6) is 0 Å². The molecule has 0 N–H and O–H groups in total. The van der Waals surface area contributed by atoms with Crippen LogP contribution in [0.1, 0.15) is 26.2 Å². The number of fused-ring (bicyclic) bond motifs is 1. The number of carbonyl (C=O) groups excluding carboxylic acids is 1. The average Bonchev–Trinajstić information content (AvgIpc) is 2.42. The molecule has 21 heavy (non-hydrogen) atoms. The minimum atomic E-state index is -3.29. The number of carbonyl (C=O) groups is 1. The molecule has 0 aromatic carbocycles. The van der Waals surface area contributed by atoms with Crippen molar-refractivity contribution in [2.45, 2.75) is 32.3 Å². The Kier molecular flexibility index (Phi) is 5.27. The number of sulfone groups is 1. The van der Waals surface area contributed by atoms with Gasteiger partial charge in [0.25, 0.3) is 0 Å². The highest BCUT2D eigenvalue weighted by atomic mass is 32.2. The summed E-state index contributed by atoms with van der Waals surface area (Å²) in [5.74, 6) is -0.721. The number of rotatable bonds is 5. The second kappa shape index (κ2) is 6.62. The molecule has 0 aliphatic carbocycles. The van der Waals surface area contributed by atoms with E-state index in [0.29, 0.717) is 26.3 Å². The van der Waals surface area contributed by atoms with E-state index in [1.54, 1.807) is 4.90 Å². The molecule has 122 valence electrons. The SMILES string of the molecule is CCOCC12CCCOC1CCN(C(=O)CS(C)(=O)=O)C2. The molecule has 0 aromatic heterocycles. The number of amides is 1. The summed E-state index contributed by atoms with van der Waals surface area (Å²) in [4.78, 5) is 13.8. The van der Waals surface area contributed by atoms with Crippen LogP contribution in [0.25, 0.3) is 0 Å². The molecule has 2 aliphatic rings. The molecule has 0 saturated carbocycles. The highest BCUT2D eigenvalue weighted by Crippen LogP contribution is 2.40. The number of ether oxygens (including phenoxy) is 2. The van der Waals surface area contributed by atoms with Gasteiger partial charge in [-0.1, -0.05) is 0 Å². The van der Waals surface area contributed by atoms with Gasteiger partial charge in [-0.25, -0.2) is 8.42 Å². The van der Waals surface area contributed by atoms with E-state index in [-0.39, 0.29) is 17.4 Å². The molecule has 7 heteroatoms. The molecule has 2 rings (SSSR count). The van der Waals surface area contributed by atoms with Gasteiger partial charge in [0, 0.05) is 38.0 Å². The van der Waals surface area contributed by atoms with Crippen LogP contribution in [0.3, 0.4) is 0 Å². The molecule has 0 bridgehead atoms. The lowest BCUT2D eigenvalue weighted by atomic mass is 9.73. The predicted molar refractivity (Wildman–Crippen MR) is 78.8 cm³/mol. The lowest BCUT2D eigenvalue weighted by Crippen LogP contribution is -2.58. The zero-order valence-electron chi connectivity index (χ0n) is 12.8. The fraction of sp³-hybridized carbons (Fsp3) is 0.929. The van der Waals surface area contributed by atoms with Crippen molar-refractivity contribution in [2.24, 2.45) is 5.41 Å². The summed E-state index contributed by atoms with van der Waals surface area (Å²) in [5, 5.41) is 0. The predicted octanol–water partition coefficient (Wildman–Crippen LogP) is 0.465. The van der Waals surface area contributed by atoms with Crippen molar-refractivity contribution in [3.8, 4) is 0 Å². The molecule has 6 nitrogen and oxygen atoms in total. The van der Waals surface area contributed by atoms with Gasteiger partial charge in [0.2, 0.25) is 5.91 Å². The zero-order valence-corrected chi connectivity index (χ0v) is 13.7. The van der Waals surface area contributed by atoms with Crippen molar-refractivity contribution in [1.29, 1.82) is 0 Å². The Balaban J connectivity index is 2.09. The van der Waals surface area contributed by atoms with Crippen LogP contribution in [-0.2, 0) is 24.1 Å². The third kappa shape index (κ3) is 4.17. The van der Waals surface area contributed by atoms with Crippen molar-refractivity contribution < 1.29 is 22.7 Å². The van der Waals surface area contributed by atoms with Crippen molar-refractivity contribution in [2.75, 3.05) is 44.9 Å². The van der Waals surface area contributed by atoms with Gasteiger partial charge < -0.3 is 14.4 Å². The van der Waals surface area contributed by atoms with Gasteiger partial charge in [0.1, 0.15) is 5.75 Å². The maximum absolute atomic E-state index is 12.2. The van der Waals surface area contributed by atoms with Crippen LogP contribution in [0.4, 0.5) is 0 Å². The normalized spacial score (nSPS) is 30.0. The fourth-order valence-electron chi connectivity index (χ4n) is 3.33. The van der Waals surface area contributed by atoms with Crippen LogP contribution < -0.4 is 0 Å². The van der Waals surface area contributed by atoms with E-state index in [1.165, 1.54) is 0 Å². The molecular formula is C14H25NO5S. The van der Waals surface area contributed by atoms with E-state index in [4.69, 9.17) is 9.47 Å². The molecule has 2 fully saturated rings. The molecule has 0 aromatic rings. The first-order valence-electron chi connectivity index (χ1n) is 7.51. The highest BCUT2D eigenvalue weighted by molar-refractivity contribution is 7.91. The molecule has 2 aliphatic heterocycles. The van der Waals surface area contributed by atoms with Crippen molar-refractivity contribution >= 4 is 15.7 Å². The van der Waals surface area contributed by atoms with Gasteiger partial charge in [-0.2, -0.15) is 0 Å². The highest BCUT2D eigenvalue weighted by Gasteiger charge is 2.47. The molecule has 2 saturated heterocycles. The van der Waals surface area contributed by atoms with Gasteiger partial charge in [0.05, 0.1) is 12.7 Å². The van der Waals surface area contributed by atoms with Crippen molar-refractivity contribution in [1.82, 2.24) is 4.90 Å².